The Morgan fingerprint density at radius 3 is 2.29 bits per heavy atom. The van der Waals surface area contributed by atoms with Gasteiger partial charge in [0, 0.05) is 12.5 Å². The number of amides is 1. The van der Waals surface area contributed by atoms with Crippen LogP contribution >= 0.6 is 0 Å². The molecule has 0 spiro atoms. The number of benzene rings is 2. The third kappa shape index (κ3) is 3.91. The van der Waals surface area contributed by atoms with Crippen molar-refractivity contribution in [3.8, 4) is 0 Å². The lowest BCUT2D eigenvalue weighted by Crippen LogP contribution is -2.30. The Labute approximate surface area is 125 Å². The van der Waals surface area contributed by atoms with Crippen LogP contribution in [0.2, 0.25) is 0 Å². The molecule has 0 aliphatic heterocycles. The monoisotopic (exact) mass is 285 g/mol. The van der Waals surface area contributed by atoms with Crippen molar-refractivity contribution in [1.29, 1.82) is 0 Å². The molecule has 0 aromatic heterocycles. The van der Waals surface area contributed by atoms with Gasteiger partial charge in [0.15, 0.2) is 0 Å². The van der Waals surface area contributed by atoms with E-state index < -0.39 is 5.82 Å². The Bertz CT molecular complexity index is 595. The zero-order valence-corrected chi connectivity index (χ0v) is 12.3. The number of nitrogens with one attached hydrogen (secondary N) is 1. The quantitative estimate of drug-likeness (QED) is 0.884. The fourth-order valence-corrected chi connectivity index (χ4v) is 2.38. The summed E-state index contributed by atoms with van der Waals surface area (Å²) < 4.78 is 13.6. The molecule has 0 radical (unpaired) electrons. The van der Waals surface area contributed by atoms with Crippen molar-refractivity contribution in [3.63, 3.8) is 0 Å². The average molecular weight is 285 g/mol. The van der Waals surface area contributed by atoms with Crippen molar-refractivity contribution in [2.45, 2.75) is 19.8 Å². The zero-order valence-electron chi connectivity index (χ0n) is 12.3. The summed E-state index contributed by atoms with van der Waals surface area (Å²) in [5.74, 6) is -0.263. The van der Waals surface area contributed by atoms with Crippen molar-refractivity contribution in [1.82, 2.24) is 5.32 Å². The van der Waals surface area contributed by atoms with Crippen LogP contribution in [0.15, 0.2) is 54.6 Å². The normalized spacial score (nSPS) is 12.2. The van der Waals surface area contributed by atoms with Crippen LogP contribution in [0.5, 0.6) is 0 Å². The summed E-state index contributed by atoms with van der Waals surface area (Å²) in [4.78, 5) is 12.1. The largest absolute Gasteiger partial charge is 0.351 e. The number of hydrogen-bond donors (Lipinski definition) is 1. The molecule has 1 amide bonds. The second kappa shape index (κ2) is 7.02. The second-order valence-corrected chi connectivity index (χ2v) is 5.45. The van der Waals surface area contributed by atoms with Crippen LogP contribution in [0.3, 0.4) is 0 Å². The smallest absolute Gasteiger partial charge is 0.254 e. The summed E-state index contributed by atoms with van der Waals surface area (Å²) in [7, 11) is 0. The van der Waals surface area contributed by atoms with E-state index in [-0.39, 0.29) is 17.4 Å². The van der Waals surface area contributed by atoms with Gasteiger partial charge in [0.2, 0.25) is 0 Å². The standard InChI is InChI=1S/C18H20FNO/c1-13(2)16(14-8-4-3-5-9-14)12-20-18(21)15-10-6-7-11-17(15)19/h3-11,13,16H,12H2,1-2H3,(H,20,21). The lowest BCUT2D eigenvalue weighted by Gasteiger charge is -2.22. The van der Waals surface area contributed by atoms with Crippen molar-refractivity contribution >= 4 is 5.91 Å². The predicted octanol–water partition coefficient (Wildman–Crippen LogP) is 4.00. The molecule has 0 saturated carbocycles. The second-order valence-electron chi connectivity index (χ2n) is 5.45. The molecular weight excluding hydrogens is 265 g/mol. The molecule has 1 N–H and O–H groups in total. The highest BCUT2D eigenvalue weighted by Crippen LogP contribution is 2.23. The van der Waals surface area contributed by atoms with Gasteiger partial charge >= 0.3 is 0 Å². The van der Waals surface area contributed by atoms with Crippen molar-refractivity contribution < 1.29 is 9.18 Å². The van der Waals surface area contributed by atoms with E-state index in [0.717, 1.165) is 0 Å². The summed E-state index contributed by atoms with van der Waals surface area (Å²) in [5, 5.41) is 2.84. The van der Waals surface area contributed by atoms with Crippen molar-refractivity contribution in [2.75, 3.05) is 6.54 Å². The van der Waals surface area contributed by atoms with Gasteiger partial charge in [-0.3, -0.25) is 4.79 Å². The molecule has 1 atom stereocenters. The van der Waals surface area contributed by atoms with E-state index in [1.165, 1.54) is 17.7 Å². The lowest BCUT2D eigenvalue weighted by atomic mass is 9.88. The molecule has 0 heterocycles. The maximum absolute atomic E-state index is 13.6. The van der Waals surface area contributed by atoms with E-state index in [0.29, 0.717) is 12.5 Å². The third-order valence-electron chi connectivity index (χ3n) is 3.63. The van der Waals surface area contributed by atoms with Crippen LogP contribution in [0.4, 0.5) is 4.39 Å². The van der Waals surface area contributed by atoms with Crippen LogP contribution in [-0.4, -0.2) is 12.5 Å². The first-order chi connectivity index (χ1) is 10.1. The Morgan fingerprint density at radius 1 is 1.05 bits per heavy atom. The maximum Gasteiger partial charge on any atom is 0.254 e. The van der Waals surface area contributed by atoms with Crippen LogP contribution < -0.4 is 5.32 Å². The summed E-state index contributed by atoms with van der Waals surface area (Å²) in [6.07, 6.45) is 0. The Balaban J connectivity index is 2.06. The molecule has 0 aliphatic rings. The van der Waals surface area contributed by atoms with Gasteiger partial charge in [-0.15, -0.1) is 0 Å². The number of halogens is 1. The molecule has 1 unspecified atom stereocenters. The van der Waals surface area contributed by atoms with Gasteiger partial charge in [-0.25, -0.2) is 4.39 Å². The molecular formula is C18H20FNO. The number of rotatable bonds is 5. The first kappa shape index (κ1) is 15.2. The molecule has 3 heteroatoms. The maximum atomic E-state index is 13.6. The van der Waals surface area contributed by atoms with E-state index in [9.17, 15) is 9.18 Å². The van der Waals surface area contributed by atoms with Gasteiger partial charge in [0.25, 0.3) is 5.91 Å². The molecule has 2 rings (SSSR count). The summed E-state index contributed by atoms with van der Waals surface area (Å²) in [5.41, 5.74) is 1.27. The van der Waals surface area contributed by atoms with Crippen LogP contribution in [0.25, 0.3) is 0 Å². The molecule has 110 valence electrons. The SMILES string of the molecule is CC(C)C(CNC(=O)c1ccccc1F)c1ccccc1. The van der Waals surface area contributed by atoms with E-state index in [1.54, 1.807) is 12.1 Å². The minimum atomic E-state index is -0.490. The topological polar surface area (TPSA) is 29.1 Å². The van der Waals surface area contributed by atoms with Gasteiger partial charge in [0.05, 0.1) is 5.56 Å². The Kier molecular flexibility index (Phi) is 5.09. The van der Waals surface area contributed by atoms with Gasteiger partial charge in [-0.05, 0) is 23.6 Å². The van der Waals surface area contributed by atoms with Gasteiger partial charge in [-0.2, -0.15) is 0 Å². The van der Waals surface area contributed by atoms with Crippen molar-refractivity contribution in [3.05, 3.63) is 71.5 Å². The highest BCUT2D eigenvalue weighted by atomic mass is 19.1. The minimum Gasteiger partial charge on any atom is -0.351 e. The average Bonchev–Trinajstić information content (AvgIpc) is 2.48. The molecule has 0 bridgehead atoms. The minimum absolute atomic E-state index is 0.0908. The molecule has 2 nitrogen and oxygen atoms in total. The summed E-state index contributed by atoms with van der Waals surface area (Å²) >= 11 is 0. The van der Waals surface area contributed by atoms with Gasteiger partial charge in [-0.1, -0.05) is 56.3 Å². The fraction of sp³-hybridized carbons (Fsp3) is 0.278. The first-order valence-corrected chi connectivity index (χ1v) is 7.17. The fourth-order valence-electron chi connectivity index (χ4n) is 2.38. The van der Waals surface area contributed by atoms with Crippen LogP contribution in [0.1, 0.15) is 35.7 Å². The first-order valence-electron chi connectivity index (χ1n) is 7.17. The molecule has 2 aromatic rings. The highest BCUT2D eigenvalue weighted by Gasteiger charge is 2.18. The number of hydrogen-bond acceptors (Lipinski definition) is 1. The van der Waals surface area contributed by atoms with Crippen LogP contribution in [0, 0.1) is 11.7 Å². The lowest BCUT2D eigenvalue weighted by molar-refractivity contribution is 0.0945. The Morgan fingerprint density at radius 2 is 1.67 bits per heavy atom. The van der Waals surface area contributed by atoms with Crippen LogP contribution in [-0.2, 0) is 0 Å². The summed E-state index contributed by atoms with van der Waals surface area (Å²) in [6, 6.07) is 16.1. The van der Waals surface area contributed by atoms with Gasteiger partial charge in [0.1, 0.15) is 5.82 Å². The van der Waals surface area contributed by atoms with Gasteiger partial charge < -0.3 is 5.32 Å². The molecule has 0 fully saturated rings. The summed E-state index contributed by atoms with van der Waals surface area (Å²) in [6.45, 7) is 4.73. The molecule has 2 aromatic carbocycles. The van der Waals surface area contributed by atoms with E-state index in [2.05, 4.69) is 31.3 Å². The molecule has 0 saturated heterocycles. The van der Waals surface area contributed by atoms with E-state index >= 15 is 0 Å². The molecule has 21 heavy (non-hydrogen) atoms. The third-order valence-corrected chi connectivity index (χ3v) is 3.63. The highest BCUT2D eigenvalue weighted by molar-refractivity contribution is 5.94. The van der Waals surface area contributed by atoms with Crippen molar-refractivity contribution in [2.24, 2.45) is 5.92 Å². The van der Waals surface area contributed by atoms with E-state index in [1.807, 2.05) is 18.2 Å². The predicted molar refractivity (Wildman–Crippen MR) is 82.8 cm³/mol. The Hall–Kier alpha value is -2.16. The molecule has 0 aliphatic carbocycles. The number of carbonyl (C=O) groups excluding carboxylic acids is 1. The zero-order chi connectivity index (χ0) is 15.2. The van der Waals surface area contributed by atoms with E-state index in [4.69, 9.17) is 0 Å². The number of carbonyl (C=O) groups is 1.